The Morgan fingerprint density at radius 2 is 1.76 bits per heavy atom. The number of hydrogen-bond acceptors (Lipinski definition) is 3. The van der Waals surface area contributed by atoms with Gasteiger partial charge < -0.3 is 19.7 Å². The molecule has 0 bridgehead atoms. The summed E-state index contributed by atoms with van der Waals surface area (Å²) < 4.78 is 10.6. The number of halogens is 1. The van der Waals surface area contributed by atoms with Gasteiger partial charge in [0.2, 0.25) is 0 Å². The lowest BCUT2D eigenvalue weighted by Crippen LogP contribution is -2.32. The molecule has 0 unspecified atom stereocenters. The molecule has 0 spiro atoms. The van der Waals surface area contributed by atoms with Gasteiger partial charge in [-0.25, -0.2) is 0 Å². The summed E-state index contributed by atoms with van der Waals surface area (Å²) in [6, 6.07) is 13.5. The molecule has 0 radical (unpaired) electrons. The Morgan fingerprint density at radius 3 is 2.40 bits per heavy atom. The van der Waals surface area contributed by atoms with Gasteiger partial charge in [0.15, 0.2) is 16.6 Å². The first kappa shape index (κ1) is 19.3. The second-order valence-electron chi connectivity index (χ2n) is 5.65. The van der Waals surface area contributed by atoms with Crippen LogP contribution in [0.4, 0.5) is 5.69 Å². The molecule has 2 rings (SSSR count). The summed E-state index contributed by atoms with van der Waals surface area (Å²) in [7, 11) is 5.28. The number of nitrogens with zero attached hydrogens (tertiary/aromatic N) is 1. The standard InChI is InChI=1S/C19H23ClN2O2S/c1-22(19(25)21-16-9-7-15(20)8-10-16)12-4-5-14-6-11-17(23-2)18(13-14)24-3/h6-11,13H,4-5,12H2,1-3H3,(H,21,25). The number of hydrogen-bond donors (Lipinski definition) is 1. The largest absolute Gasteiger partial charge is 0.493 e. The number of anilines is 1. The van der Waals surface area contributed by atoms with Crippen LogP contribution in [0.1, 0.15) is 12.0 Å². The molecule has 0 aliphatic rings. The van der Waals surface area contributed by atoms with Crippen LogP contribution >= 0.6 is 23.8 Å². The van der Waals surface area contributed by atoms with Gasteiger partial charge in [-0.3, -0.25) is 0 Å². The molecule has 0 heterocycles. The van der Waals surface area contributed by atoms with E-state index < -0.39 is 0 Å². The molecule has 4 nitrogen and oxygen atoms in total. The van der Waals surface area contributed by atoms with E-state index in [1.54, 1.807) is 14.2 Å². The van der Waals surface area contributed by atoms with E-state index in [0.717, 1.165) is 36.6 Å². The Morgan fingerprint density at radius 1 is 1.08 bits per heavy atom. The Balaban J connectivity index is 1.82. The minimum atomic E-state index is 0.689. The van der Waals surface area contributed by atoms with E-state index in [9.17, 15) is 0 Å². The maximum atomic E-state index is 5.89. The van der Waals surface area contributed by atoms with E-state index in [-0.39, 0.29) is 0 Å². The van der Waals surface area contributed by atoms with Crippen LogP contribution in [0.25, 0.3) is 0 Å². The molecule has 0 atom stereocenters. The second-order valence-corrected chi connectivity index (χ2v) is 6.47. The quantitative estimate of drug-likeness (QED) is 0.711. The molecule has 25 heavy (non-hydrogen) atoms. The third-order valence-electron chi connectivity index (χ3n) is 3.85. The average molecular weight is 379 g/mol. The summed E-state index contributed by atoms with van der Waals surface area (Å²) in [4.78, 5) is 2.03. The number of aryl methyl sites for hydroxylation is 1. The van der Waals surface area contributed by atoms with Gasteiger partial charge in [-0.1, -0.05) is 17.7 Å². The summed E-state index contributed by atoms with van der Waals surface area (Å²) in [5.41, 5.74) is 2.14. The Hall–Kier alpha value is -1.98. The van der Waals surface area contributed by atoms with Crippen LogP contribution in [0.2, 0.25) is 5.02 Å². The summed E-state index contributed by atoms with van der Waals surface area (Å²) >= 11 is 11.3. The van der Waals surface area contributed by atoms with Crippen molar-refractivity contribution in [3.05, 3.63) is 53.1 Å². The molecule has 0 fully saturated rings. The first-order valence-corrected chi connectivity index (χ1v) is 8.80. The zero-order valence-corrected chi connectivity index (χ0v) is 16.3. The molecule has 0 aliphatic heterocycles. The maximum absolute atomic E-state index is 5.89. The molecule has 0 saturated heterocycles. The van der Waals surface area contributed by atoms with Crippen LogP contribution < -0.4 is 14.8 Å². The summed E-state index contributed by atoms with van der Waals surface area (Å²) in [6.45, 7) is 0.855. The number of thiocarbonyl (C=S) groups is 1. The van der Waals surface area contributed by atoms with Gasteiger partial charge in [0, 0.05) is 24.3 Å². The normalized spacial score (nSPS) is 10.2. The van der Waals surface area contributed by atoms with Crippen molar-refractivity contribution in [1.29, 1.82) is 0 Å². The molecule has 0 saturated carbocycles. The molecule has 1 N–H and O–H groups in total. The van der Waals surface area contributed by atoms with Crippen LogP contribution in [-0.4, -0.2) is 37.8 Å². The van der Waals surface area contributed by atoms with E-state index in [1.165, 1.54) is 5.56 Å². The predicted octanol–water partition coefficient (Wildman–Crippen LogP) is 4.62. The molecule has 134 valence electrons. The number of ether oxygens (including phenoxy) is 2. The Bertz CT molecular complexity index is 707. The highest BCUT2D eigenvalue weighted by atomic mass is 35.5. The van der Waals surface area contributed by atoms with E-state index >= 15 is 0 Å². The lowest BCUT2D eigenvalue weighted by molar-refractivity contribution is 0.354. The molecule has 2 aromatic carbocycles. The smallest absolute Gasteiger partial charge is 0.173 e. The monoisotopic (exact) mass is 378 g/mol. The van der Waals surface area contributed by atoms with Gasteiger partial charge in [0.05, 0.1) is 14.2 Å². The van der Waals surface area contributed by atoms with Crippen molar-refractivity contribution in [3.63, 3.8) is 0 Å². The molecule has 0 aromatic heterocycles. The van der Waals surface area contributed by atoms with Crippen molar-refractivity contribution in [2.75, 3.05) is 33.1 Å². The Labute approximate surface area is 159 Å². The SMILES string of the molecule is COc1ccc(CCCN(C)C(=S)Nc2ccc(Cl)cc2)cc1OC. The van der Waals surface area contributed by atoms with Crippen LogP contribution in [0.3, 0.4) is 0 Å². The molecular weight excluding hydrogens is 356 g/mol. The lowest BCUT2D eigenvalue weighted by atomic mass is 10.1. The van der Waals surface area contributed by atoms with Crippen LogP contribution in [-0.2, 0) is 6.42 Å². The summed E-state index contributed by atoms with van der Waals surface area (Å²) in [5.74, 6) is 1.50. The summed E-state index contributed by atoms with van der Waals surface area (Å²) in [6.07, 6.45) is 1.92. The predicted molar refractivity (Wildman–Crippen MR) is 108 cm³/mol. The number of benzene rings is 2. The highest BCUT2D eigenvalue weighted by Crippen LogP contribution is 2.28. The third kappa shape index (κ3) is 5.80. The fourth-order valence-corrected chi connectivity index (χ4v) is 2.75. The molecule has 0 aliphatic carbocycles. The molecule has 0 amide bonds. The van der Waals surface area contributed by atoms with E-state index in [2.05, 4.69) is 11.4 Å². The highest BCUT2D eigenvalue weighted by Gasteiger charge is 2.07. The topological polar surface area (TPSA) is 33.7 Å². The average Bonchev–Trinajstić information content (AvgIpc) is 2.63. The van der Waals surface area contributed by atoms with Crippen molar-refractivity contribution in [2.24, 2.45) is 0 Å². The Kier molecular flexibility index (Phi) is 7.34. The first-order valence-electron chi connectivity index (χ1n) is 8.02. The molecular formula is C19H23ClN2O2S. The van der Waals surface area contributed by atoms with Gasteiger partial charge in [-0.2, -0.15) is 0 Å². The van der Waals surface area contributed by atoms with Crippen molar-refractivity contribution >= 4 is 34.6 Å². The van der Waals surface area contributed by atoms with Gasteiger partial charge in [-0.15, -0.1) is 0 Å². The highest BCUT2D eigenvalue weighted by molar-refractivity contribution is 7.80. The minimum absolute atomic E-state index is 0.689. The first-order chi connectivity index (χ1) is 12.0. The lowest BCUT2D eigenvalue weighted by Gasteiger charge is -2.21. The number of rotatable bonds is 7. The molecule has 2 aromatic rings. The van der Waals surface area contributed by atoms with Crippen molar-refractivity contribution in [2.45, 2.75) is 12.8 Å². The number of nitrogens with one attached hydrogen (secondary N) is 1. The van der Waals surface area contributed by atoms with Gasteiger partial charge in [-0.05, 0) is 67.0 Å². The van der Waals surface area contributed by atoms with Gasteiger partial charge >= 0.3 is 0 Å². The van der Waals surface area contributed by atoms with E-state index in [1.807, 2.05) is 48.3 Å². The van der Waals surface area contributed by atoms with Crippen molar-refractivity contribution in [3.8, 4) is 11.5 Å². The van der Waals surface area contributed by atoms with Gasteiger partial charge in [0.1, 0.15) is 0 Å². The zero-order chi connectivity index (χ0) is 18.2. The zero-order valence-electron chi connectivity index (χ0n) is 14.7. The van der Waals surface area contributed by atoms with E-state index in [0.29, 0.717) is 10.1 Å². The maximum Gasteiger partial charge on any atom is 0.173 e. The minimum Gasteiger partial charge on any atom is -0.493 e. The van der Waals surface area contributed by atoms with Crippen LogP contribution in [0.15, 0.2) is 42.5 Å². The fourth-order valence-electron chi connectivity index (χ4n) is 2.41. The molecule has 6 heteroatoms. The number of methoxy groups -OCH3 is 2. The van der Waals surface area contributed by atoms with Crippen LogP contribution in [0, 0.1) is 0 Å². The second kappa shape index (κ2) is 9.49. The third-order valence-corrected chi connectivity index (χ3v) is 4.51. The van der Waals surface area contributed by atoms with Crippen molar-refractivity contribution < 1.29 is 9.47 Å². The van der Waals surface area contributed by atoms with Gasteiger partial charge in [0.25, 0.3) is 0 Å². The summed E-state index contributed by atoms with van der Waals surface area (Å²) in [5, 5.41) is 4.61. The fraction of sp³-hybridized carbons (Fsp3) is 0.316. The van der Waals surface area contributed by atoms with E-state index in [4.69, 9.17) is 33.3 Å². The van der Waals surface area contributed by atoms with Crippen molar-refractivity contribution in [1.82, 2.24) is 4.90 Å². The van der Waals surface area contributed by atoms with Crippen LogP contribution in [0.5, 0.6) is 11.5 Å².